The molecule has 0 unspecified atom stereocenters. The van der Waals surface area contributed by atoms with Crippen molar-refractivity contribution in [1.82, 2.24) is 0 Å². The standard InChI is InChI=1S/C27H35NO2/c1-2-6-21-8-12-23(13-9-21)24-14-16-25(17-15-24)27(29)30-26-18-10-22(11-19-26)7-4-3-5-20-28/h3-5,7-9,12-13,22,24-26H,2,6,10-11,14-19H2,1H3. The summed E-state index contributed by atoms with van der Waals surface area (Å²) in [6.07, 6.45) is 17.9. The van der Waals surface area contributed by atoms with Gasteiger partial charge in [0.15, 0.2) is 0 Å². The lowest BCUT2D eigenvalue weighted by molar-refractivity contribution is -0.157. The Hall–Kier alpha value is -2.34. The summed E-state index contributed by atoms with van der Waals surface area (Å²) >= 11 is 0. The van der Waals surface area contributed by atoms with Crippen LogP contribution in [-0.4, -0.2) is 12.1 Å². The van der Waals surface area contributed by atoms with Gasteiger partial charge in [0.2, 0.25) is 0 Å². The Balaban J connectivity index is 1.39. The third-order valence-electron chi connectivity index (χ3n) is 6.72. The SMILES string of the molecule is CCCc1ccc(C2CCC(C(=O)OC3CCC(C=CC=CC#N)CC3)CC2)cc1. The van der Waals surface area contributed by atoms with Crippen molar-refractivity contribution in [3.63, 3.8) is 0 Å². The van der Waals surface area contributed by atoms with Gasteiger partial charge in [-0.05, 0) is 80.8 Å². The molecule has 3 nitrogen and oxygen atoms in total. The van der Waals surface area contributed by atoms with Crippen LogP contribution in [0.3, 0.4) is 0 Å². The second kappa shape index (κ2) is 11.7. The molecule has 1 aromatic rings. The van der Waals surface area contributed by atoms with E-state index < -0.39 is 0 Å². The average molecular weight is 406 g/mol. The average Bonchev–Trinajstić information content (AvgIpc) is 2.79. The molecule has 3 rings (SSSR count). The highest BCUT2D eigenvalue weighted by Crippen LogP contribution is 2.37. The first-order valence-electron chi connectivity index (χ1n) is 11.7. The van der Waals surface area contributed by atoms with Crippen LogP contribution < -0.4 is 0 Å². The lowest BCUT2D eigenvalue weighted by atomic mass is 9.78. The molecular formula is C27H35NO2. The number of allylic oxidation sites excluding steroid dienone is 4. The molecule has 2 saturated carbocycles. The van der Waals surface area contributed by atoms with Gasteiger partial charge in [0.25, 0.3) is 0 Å². The first-order chi connectivity index (χ1) is 14.7. The van der Waals surface area contributed by atoms with E-state index in [0.29, 0.717) is 11.8 Å². The van der Waals surface area contributed by atoms with Crippen molar-refractivity contribution in [1.29, 1.82) is 5.26 Å². The smallest absolute Gasteiger partial charge is 0.309 e. The molecule has 2 aliphatic rings. The van der Waals surface area contributed by atoms with E-state index in [1.807, 2.05) is 12.1 Å². The van der Waals surface area contributed by atoms with E-state index >= 15 is 0 Å². The number of hydrogen-bond donors (Lipinski definition) is 0. The molecule has 1 aromatic carbocycles. The van der Waals surface area contributed by atoms with E-state index in [4.69, 9.17) is 10.00 Å². The monoisotopic (exact) mass is 405 g/mol. The second-order valence-electron chi connectivity index (χ2n) is 8.89. The lowest BCUT2D eigenvalue weighted by Gasteiger charge is -2.31. The second-order valence-corrected chi connectivity index (χ2v) is 8.89. The van der Waals surface area contributed by atoms with Crippen molar-refractivity contribution in [2.45, 2.75) is 83.2 Å². The Morgan fingerprint density at radius 1 is 1.03 bits per heavy atom. The van der Waals surface area contributed by atoms with Crippen molar-refractivity contribution >= 4 is 5.97 Å². The van der Waals surface area contributed by atoms with Gasteiger partial charge in [0.1, 0.15) is 6.10 Å². The number of aryl methyl sites for hydroxylation is 1. The Kier molecular flexibility index (Phi) is 8.75. The summed E-state index contributed by atoms with van der Waals surface area (Å²) in [6, 6.07) is 11.1. The number of carbonyl (C=O) groups excluding carboxylic acids is 1. The topological polar surface area (TPSA) is 50.1 Å². The zero-order valence-corrected chi connectivity index (χ0v) is 18.3. The van der Waals surface area contributed by atoms with Crippen LogP contribution in [0.25, 0.3) is 0 Å². The van der Waals surface area contributed by atoms with Crippen molar-refractivity contribution in [2.75, 3.05) is 0 Å². The van der Waals surface area contributed by atoms with Crippen molar-refractivity contribution in [2.24, 2.45) is 11.8 Å². The number of hydrogen-bond acceptors (Lipinski definition) is 3. The summed E-state index contributed by atoms with van der Waals surface area (Å²) in [5, 5.41) is 8.51. The molecular weight excluding hydrogens is 370 g/mol. The summed E-state index contributed by atoms with van der Waals surface area (Å²) in [5.74, 6) is 1.22. The van der Waals surface area contributed by atoms with Crippen LogP contribution in [0.2, 0.25) is 0 Å². The Morgan fingerprint density at radius 2 is 1.73 bits per heavy atom. The van der Waals surface area contributed by atoms with Crippen LogP contribution in [0.5, 0.6) is 0 Å². The quantitative estimate of drug-likeness (QED) is 0.290. The van der Waals surface area contributed by atoms with Gasteiger partial charge in [0.05, 0.1) is 12.0 Å². The molecule has 0 radical (unpaired) electrons. The van der Waals surface area contributed by atoms with E-state index in [1.54, 1.807) is 6.08 Å². The zero-order valence-electron chi connectivity index (χ0n) is 18.3. The predicted molar refractivity (Wildman–Crippen MR) is 121 cm³/mol. The van der Waals surface area contributed by atoms with Crippen molar-refractivity contribution in [3.05, 3.63) is 59.7 Å². The summed E-state index contributed by atoms with van der Waals surface area (Å²) in [7, 11) is 0. The van der Waals surface area contributed by atoms with Crippen LogP contribution in [0, 0.1) is 23.2 Å². The molecule has 0 saturated heterocycles. The minimum atomic E-state index is 0.0303. The van der Waals surface area contributed by atoms with Gasteiger partial charge >= 0.3 is 5.97 Å². The summed E-state index contributed by atoms with van der Waals surface area (Å²) in [5.41, 5.74) is 2.85. The number of benzene rings is 1. The molecule has 30 heavy (non-hydrogen) atoms. The highest BCUT2D eigenvalue weighted by molar-refractivity contribution is 5.72. The zero-order chi connectivity index (χ0) is 21.2. The predicted octanol–water partition coefficient (Wildman–Crippen LogP) is 6.65. The van der Waals surface area contributed by atoms with E-state index in [9.17, 15) is 4.79 Å². The molecule has 0 spiro atoms. The molecule has 0 amide bonds. The molecule has 0 bridgehead atoms. The van der Waals surface area contributed by atoms with Gasteiger partial charge in [-0.25, -0.2) is 0 Å². The van der Waals surface area contributed by atoms with E-state index in [-0.39, 0.29) is 18.0 Å². The fourth-order valence-corrected chi connectivity index (χ4v) is 4.89. The number of ether oxygens (including phenoxy) is 1. The Morgan fingerprint density at radius 3 is 2.37 bits per heavy atom. The van der Waals surface area contributed by atoms with Crippen LogP contribution in [0.15, 0.2) is 48.6 Å². The number of esters is 1. The Bertz CT molecular complexity index is 755. The fraction of sp³-hybridized carbons (Fsp3) is 0.556. The van der Waals surface area contributed by atoms with Gasteiger partial charge in [-0.1, -0.05) is 55.8 Å². The minimum Gasteiger partial charge on any atom is -0.462 e. The number of nitrogens with zero attached hydrogens (tertiary/aromatic N) is 1. The first-order valence-corrected chi connectivity index (χ1v) is 11.7. The Labute approximate surface area is 181 Å². The highest BCUT2D eigenvalue weighted by atomic mass is 16.5. The van der Waals surface area contributed by atoms with Crippen LogP contribution in [0.4, 0.5) is 0 Å². The molecule has 160 valence electrons. The molecule has 2 aliphatic carbocycles. The highest BCUT2D eigenvalue weighted by Gasteiger charge is 2.30. The summed E-state index contributed by atoms with van der Waals surface area (Å²) in [6.45, 7) is 2.22. The third-order valence-corrected chi connectivity index (χ3v) is 6.72. The maximum atomic E-state index is 12.7. The molecule has 0 aliphatic heterocycles. The molecule has 0 atom stereocenters. The third kappa shape index (κ3) is 6.59. The summed E-state index contributed by atoms with van der Waals surface area (Å²) in [4.78, 5) is 12.7. The molecule has 0 heterocycles. The fourth-order valence-electron chi connectivity index (χ4n) is 4.89. The normalized spacial score (nSPS) is 27.2. The molecule has 3 heteroatoms. The maximum Gasteiger partial charge on any atom is 0.309 e. The number of nitriles is 1. The van der Waals surface area contributed by atoms with Gasteiger partial charge in [-0.3, -0.25) is 4.79 Å². The van der Waals surface area contributed by atoms with Gasteiger partial charge in [-0.2, -0.15) is 5.26 Å². The van der Waals surface area contributed by atoms with Crippen LogP contribution in [-0.2, 0) is 16.0 Å². The number of carbonyl (C=O) groups is 1. The molecule has 2 fully saturated rings. The largest absolute Gasteiger partial charge is 0.462 e. The van der Waals surface area contributed by atoms with Gasteiger partial charge in [-0.15, -0.1) is 0 Å². The van der Waals surface area contributed by atoms with Gasteiger partial charge < -0.3 is 4.74 Å². The van der Waals surface area contributed by atoms with Crippen LogP contribution >= 0.6 is 0 Å². The van der Waals surface area contributed by atoms with Crippen molar-refractivity contribution in [3.8, 4) is 6.07 Å². The molecule has 0 N–H and O–H groups in total. The summed E-state index contributed by atoms with van der Waals surface area (Å²) < 4.78 is 5.89. The maximum absolute atomic E-state index is 12.7. The minimum absolute atomic E-state index is 0.0303. The number of rotatable bonds is 7. The first kappa shape index (κ1) is 22.3. The van der Waals surface area contributed by atoms with Crippen molar-refractivity contribution < 1.29 is 9.53 Å². The van der Waals surface area contributed by atoms with Gasteiger partial charge in [0, 0.05) is 6.08 Å². The molecule has 0 aromatic heterocycles. The van der Waals surface area contributed by atoms with E-state index in [1.165, 1.54) is 23.6 Å². The van der Waals surface area contributed by atoms with Crippen LogP contribution in [0.1, 0.15) is 81.8 Å². The lowest BCUT2D eigenvalue weighted by Crippen LogP contribution is -2.29. The van der Waals surface area contributed by atoms with E-state index in [0.717, 1.165) is 57.8 Å². The van der Waals surface area contributed by atoms with E-state index in [2.05, 4.69) is 37.3 Å².